The van der Waals surface area contributed by atoms with Crippen LogP contribution >= 0.6 is 0 Å². The van der Waals surface area contributed by atoms with Crippen molar-refractivity contribution in [2.75, 3.05) is 7.11 Å². The van der Waals surface area contributed by atoms with E-state index in [1.165, 1.54) is 12.2 Å². The summed E-state index contributed by atoms with van der Waals surface area (Å²) in [5.74, 6) is 0.521. The number of rotatable bonds is 3. The molecule has 0 saturated carbocycles. The monoisotopic (exact) mass is 305 g/mol. The molecule has 1 aliphatic rings. The van der Waals surface area contributed by atoms with Crippen molar-refractivity contribution in [3.8, 4) is 11.5 Å². The van der Waals surface area contributed by atoms with E-state index in [2.05, 4.69) is 4.99 Å². The van der Waals surface area contributed by atoms with Gasteiger partial charge in [-0.15, -0.1) is 10.3 Å². The van der Waals surface area contributed by atoms with Crippen LogP contribution in [0.15, 0.2) is 23.2 Å². The first-order chi connectivity index (χ1) is 10.2. The predicted molar refractivity (Wildman–Crippen MR) is 86.0 cm³/mol. The molecule has 1 radical (unpaired) electrons. The summed E-state index contributed by atoms with van der Waals surface area (Å²) in [7, 11) is 1.52. The lowest BCUT2D eigenvalue weighted by Gasteiger charge is -2.48. The zero-order valence-electron chi connectivity index (χ0n) is 14.0. The summed E-state index contributed by atoms with van der Waals surface area (Å²) < 4.78 is 5.10. The zero-order chi connectivity index (χ0) is 16.5. The third-order valence-electron chi connectivity index (χ3n) is 4.24. The number of benzene rings is 1. The van der Waals surface area contributed by atoms with Gasteiger partial charge >= 0.3 is 0 Å². The van der Waals surface area contributed by atoms with Gasteiger partial charge in [-0.05, 0) is 52.7 Å². The number of hydroxylamine groups is 2. The summed E-state index contributed by atoms with van der Waals surface area (Å²) in [6.45, 7) is 7.80. The fraction of sp³-hybridized carbons (Fsp3) is 0.588. The maximum absolute atomic E-state index is 12.3. The molecule has 5 nitrogen and oxygen atoms in total. The molecular weight excluding hydrogens is 280 g/mol. The van der Waals surface area contributed by atoms with Crippen LogP contribution in [0.3, 0.4) is 0 Å². The van der Waals surface area contributed by atoms with Crippen LogP contribution in [0.5, 0.6) is 11.5 Å². The van der Waals surface area contributed by atoms with Gasteiger partial charge < -0.3 is 9.84 Å². The Balaban J connectivity index is 2.20. The largest absolute Gasteiger partial charge is 0.504 e. The fourth-order valence-corrected chi connectivity index (χ4v) is 3.31. The van der Waals surface area contributed by atoms with Crippen molar-refractivity contribution in [1.82, 2.24) is 5.06 Å². The molecule has 0 amide bonds. The van der Waals surface area contributed by atoms with Crippen molar-refractivity contribution in [3.05, 3.63) is 23.8 Å². The van der Waals surface area contributed by atoms with E-state index in [4.69, 9.17) is 4.74 Å². The second-order valence-electron chi connectivity index (χ2n) is 7.16. The number of aromatic hydroxyl groups is 1. The van der Waals surface area contributed by atoms with E-state index in [9.17, 15) is 10.3 Å². The topological polar surface area (TPSA) is 65.0 Å². The SMILES string of the molecule is COc1cccc(C=NC2CC(C)(C)N([O])C(C)(C)C2)c1O. The molecule has 121 valence electrons. The van der Waals surface area contributed by atoms with Gasteiger partial charge in [-0.1, -0.05) is 6.07 Å². The minimum Gasteiger partial charge on any atom is -0.504 e. The Labute approximate surface area is 132 Å². The summed E-state index contributed by atoms with van der Waals surface area (Å²) in [4.78, 5) is 4.61. The van der Waals surface area contributed by atoms with E-state index in [1.54, 1.807) is 18.3 Å². The minimum atomic E-state index is -0.444. The van der Waals surface area contributed by atoms with E-state index >= 15 is 0 Å². The lowest BCUT2D eigenvalue weighted by Crippen LogP contribution is -2.59. The smallest absolute Gasteiger partial charge is 0.166 e. The number of phenols is 1. The molecule has 0 unspecified atom stereocenters. The van der Waals surface area contributed by atoms with E-state index in [-0.39, 0.29) is 11.8 Å². The Hall–Kier alpha value is -1.59. The van der Waals surface area contributed by atoms with Gasteiger partial charge in [0, 0.05) is 22.9 Å². The van der Waals surface area contributed by atoms with Crippen molar-refractivity contribution in [1.29, 1.82) is 0 Å². The molecule has 0 aromatic heterocycles. The highest BCUT2D eigenvalue weighted by Crippen LogP contribution is 2.38. The minimum absolute atomic E-state index is 0.0563. The molecule has 1 N–H and O–H groups in total. The first-order valence-electron chi connectivity index (χ1n) is 7.54. The van der Waals surface area contributed by atoms with Gasteiger partial charge in [0.15, 0.2) is 11.5 Å². The molecule has 22 heavy (non-hydrogen) atoms. The van der Waals surface area contributed by atoms with Crippen LogP contribution < -0.4 is 4.74 Å². The summed E-state index contributed by atoms with van der Waals surface area (Å²) in [6, 6.07) is 5.37. The number of aliphatic imine (C=N–C) groups is 1. The van der Waals surface area contributed by atoms with Gasteiger partial charge in [0.05, 0.1) is 13.2 Å². The lowest BCUT2D eigenvalue weighted by atomic mass is 9.79. The standard InChI is InChI=1S/C17H25N2O3/c1-16(2)9-13(10-17(3,4)19(16)21)18-11-12-7-6-8-14(22-5)15(12)20/h6-8,11,13,20H,9-10H2,1-5H3. The number of piperidine rings is 1. The zero-order valence-corrected chi connectivity index (χ0v) is 14.0. The molecule has 2 rings (SSSR count). The lowest BCUT2D eigenvalue weighted by molar-refractivity contribution is -0.288. The molecule has 0 bridgehead atoms. The van der Waals surface area contributed by atoms with E-state index in [1.807, 2.05) is 33.8 Å². The molecule has 0 spiro atoms. The van der Waals surface area contributed by atoms with Crippen LogP contribution in [0.2, 0.25) is 0 Å². The predicted octanol–water partition coefficient (Wildman–Crippen LogP) is 3.19. The van der Waals surface area contributed by atoms with E-state index in [0.717, 1.165) is 0 Å². The van der Waals surface area contributed by atoms with Crippen LogP contribution in [0.4, 0.5) is 0 Å². The number of para-hydroxylation sites is 1. The Morgan fingerprint density at radius 2 is 1.86 bits per heavy atom. The first kappa shape index (κ1) is 16.8. The highest BCUT2D eigenvalue weighted by Gasteiger charge is 2.45. The average molecular weight is 305 g/mol. The molecule has 1 aromatic carbocycles. The summed E-state index contributed by atoms with van der Waals surface area (Å²) in [5, 5.41) is 23.6. The quantitative estimate of drug-likeness (QED) is 0.872. The average Bonchev–Trinajstić information content (AvgIpc) is 2.43. The third-order valence-corrected chi connectivity index (χ3v) is 4.24. The first-order valence-corrected chi connectivity index (χ1v) is 7.54. The second kappa shape index (κ2) is 5.89. The van der Waals surface area contributed by atoms with Crippen molar-refractivity contribution in [3.63, 3.8) is 0 Å². The molecule has 5 heteroatoms. The molecular formula is C17H25N2O3. The molecule has 0 aliphatic carbocycles. The summed E-state index contributed by atoms with van der Waals surface area (Å²) in [5.41, 5.74) is -0.264. The van der Waals surface area contributed by atoms with Crippen LogP contribution in [0, 0.1) is 0 Å². The maximum atomic E-state index is 12.3. The Bertz CT molecular complexity index is 549. The number of nitrogens with zero attached hydrogens (tertiary/aromatic N) is 2. The third kappa shape index (κ3) is 3.25. The van der Waals surface area contributed by atoms with Gasteiger partial charge in [0.1, 0.15) is 0 Å². The van der Waals surface area contributed by atoms with Crippen LogP contribution in [0.1, 0.15) is 46.1 Å². The number of hydrogen-bond donors (Lipinski definition) is 1. The van der Waals surface area contributed by atoms with Crippen LogP contribution in [-0.2, 0) is 5.21 Å². The van der Waals surface area contributed by atoms with Crippen LogP contribution in [0.25, 0.3) is 0 Å². The Morgan fingerprint density at radius 3 is 2.41 bits per heavy atom. The number of hydrogen-bond acceptors (Lipinski definition) is 4. The van der Waals surface area contributed by atoms with Gasteiger partial charge in [0.25, 0.3) is 0 Å². The molecule has 1 aliphatic heterocycles. The van der Waals surface area contributed by atoms with Crippen molar-refractivity contribution >= 4 is 6.21 Å². The van der Waals surface area contributed by atoms with E-state index in [0.29, 0.717) is 24.2 Å². The molecule has 1 fully saturated rings. The normalized spacial score (nSPS) is 22.1. The summed E-state index contributed by atoms with van der Waals surface area (Å²) in [6.07, 6.45) is 3.07. The fourth-order valence-electron chi connectivity index (χ4n) is 3.31. The van der Waals surface area contributed by atoms with Crippen LogP contribution in [-0.4, -0.2) is 40.6 Å². The Morgan fingerprint density at radius 1 is 1.27 bits per heavy atom. The highest BCUT2D eigenvalue weighted by molar-refractivity contribution is 5.84. The Kier molecular flexibility index (Phi) is 4.49. The van der Waals surface area contributed by atoms with Gasteiger partial charge in [-0.3, -0.25) is 4.99 Å². The van der Waals surface area contributed by atoms with Crippen molar-refractivity contribution in [2.45, 2.75) is 57.7 Å². The molecule has 1 heterocycles. The van der Waals surface area contributed by atoms with Gasteiger partial charge in [-0.25, -0.2) is 0 Å². The maximum Gasteiger partial charge on any atom is 0.166 e. The van der Waals surface area contributed by atoms with Crippen molar-refractivity contribution in [2.24, 2.45) is 4.99 Å². The highest BCUT2D eigenvalue weighted by atomic mass is 16.5. The van der Waals surface area contributed by atoms with E-state index < -0.39 is 11.1 Å². The van der Waals surface area contributed by atoms with Crippen molar-refractivity contribution < 1.29 is 15.1 Å². The second-order valence-corrected chi connectivity index (χ2v) is 7.16. The molecule has 0 atom stereocenters. The van der Waals surface area contributed by atoms with Gasteiger partial charge in [-0.2, -0.15) is 0 Å². The molecule has 1 aromatic rings. The molecule has 1 saturated heterocycles. The number of phenolic OH excluding ortho intramolecular Hbond substituents is 1. The number of ether oxygens (including phenoxy) is 1. The summed E-state index contributed by atoms with van der Waals surface area (Å²) >= 11 is 0. The number of methoxy groups -OCH3 is 1. The van der Waals surface area contributed by atoms with Gasteiger partial charge in [0.2, 0.25) is 0 Å².